The van der Waals surface area contributed by atoms with Gasteiger partial charge in [0.25, 0.3) is 11.8 Å². The molecule has 234 valence electrons. The summed E-state index contributed by atoms with van der Waals surface area (Å²) >= 11 is 0. The van der Waals surface area contributed by atoms with E-state index in [9.17, 15) is 14.4 Å². The van der Waals surface area contributed by atoms with Gasteiger partial charge in [0, 0.05) is 51.0 Å². The lowest BCUT2D eigenvalue weighted by molar-refractivity contribution is -0.0333. The second-order valence-corrected chi connectivity index (χ2v) is 13.0. The molecule has 7 rings (SSSR count). The summed E-state index contributed by atoms with van der Waals surface area (Å²) in [4.78, 5) is 58.0. The summed E-state index contributed by atoms with van der Waals surface area (Å²) in [5.74, 6) is 0.613. The molecule has 0 radical (unpaired) electrons. The van der Waals surface area contributed by atoms with E-state index in [2.05, 4.69) is 19.9 Å². The van der Waals surface area contributed by atoms with Crippen molar-refractivity contribution in [3.8, 4) is 0 Å². The first kappa shape index (κ1) is 29.8. The first-order chi connectivity index (χ1) is 21.0. The number of carbonyl (C=O) groups excluding carboxylic acids is 3. The van der Waals surface area contributed by atoms with Crippen LogP contribution in [0.25, 0.3) is 11.0 Å². The van der Waals surface area contributed by atoms with Crippen LogP contribution in [0.1, 0.15) is 73.3 Å². The zero-order valence-electron chi connectivity index (χ0n) is 25.9. The molecule has 3 amide bonds. The van der Waals surface area contributed by atoms with E-state index in [1.165, 1.54) is 6.20 Å². The zero-order valence-corrected chi connectivity index (χ0v) is 25.9. The fraction of sp³-hybridized carbons (Fsp3) is 0.548. The van der Waals surface area contributed by atoms with Gasteiger partial charge < -0.3 is 34.1 Å². The van der Waals surface area contributed by atoms with Crippen molar-refractivity contribution in [2.45, 2.75) is 70.2 Å². The number of fused-ring (bicyclic) bond motifs is 5. The van der Waals surface area contributed by atoms with Crippen LogP contribution in [-0.4, -0.2) is 110 Å². The quantitative estimate of drug-likeness (QED) is 0.461. The number of pyridine rings is 1. The van der Waals surface area contributed by atoms with E-state index in [1.54, 1.807) is 47.1 Å². The summed E-state index contributed by atoms with van der Waals surface area (Å²) in [6.07, 6.45) is 6.82. The number of rotatable bonds is 5. The van der Waals surface area contributed by atoms with Gasteiger partial charge in [-0.15, -0.1) is 0 Å². The van der Waals surface area contributed by atoms with Crippen molar-refractivity contribution in [3.05, 3.63) is 41.9 Å². The fourth-order valence-corrected chi connectivity index (χ4v) is 6.19. The lowest BCUT2D eigenvalue weighted by Gasteiger charge is -2.36. The molecule has 1 aliphatic carbocycles. The van der Waals surface area contributed by atoms with E-state index >= 15 is 0 Å². The Morgan fingerprint density at radius 2 is 1.80 bits per heavy atom. The summed E-state index contributed by atoms with van der Waals surface area (Å²) in [5.41, 5.74) is 1.16. The molecule has 0 aromatic carbocycles. The lowest BCUT2D eigenvalue weighted by atomic mass is 10.1. The number of amides is 3. The minimum Gasteiger partial charge on any atom is -0.444 e. The Bertz CT molecular complexity index is 1560. The van der Waals surface area contributed by atoms with Gasteiger partial charge in [-0.05, 0) is 51.8 Å². The van der Waals surface area contributed by atoms with Crippen molar-refractivity contribution in [2.75, 3.05) is 45.7 Å². The molecular formula is C31H40N8O5. The van der Waals surface area contributed by atoms with Gasteiger partial charge in [0.1, 0.15) is 22.8 Å². The number of nitrogens with one attached hydrogen (secondary N) is 1. The second-order valence-electron chi connectivity index (χ2n) is 13.0. The number of hydrogen-bond donors (Lipinski definition) is 1. The molecule has 3 aliphatic heterocycles. The normalized spacial score (nSPS) is 20.6. The predicted octanol–water partition coefficient (Wildman–Crippen LogP) is 3.85. The molecule has 4 aliphatic rings. The Kier molecular flexibility index (Phi) is 7.91. The molecule has 13 nitrogen and oxygen atoms in total. The van der Waals surface area contributed by atoms with Crippen LogP contribution in [0.4, 0.5) is 16.6 Å². The van der Waals surface area contributed by atoms with Gasteiger partial charge in [-0.3, -0.25) is 9.59 Å². The van der Waals surface area contributed by atoms with Gasteiger partial charge in [-0.1, -0.05) is 12.8 Å². The van der Waals surface area contributed by atoms with Gasteiger partial charge >= 0.3 is 6.09 Å². The van der Waals surface area contributed by atoms with Crippen molar-refractivity contribution >= 4 is 40.7 Å². The van der Waals surface area contributed by atoms with Crippen molar-refractivity contribution in [3.63, 3.8) is 0 Å². The summed E-state index contributed by atoms with van der Waals surface area (Å²) in [6.45, 7) is 6.95. The van der Waals surface area contributed by atoms with Gasteiger partial charge in [0.15, 0.2) is 0 Å². The number of carbonyl (C=O) groups is 3. The molecule has 13 heteroatoms. The summed E-state index contributed by atoms with van der Waals surface area (Å²) in [6, 6.07) is 5.24. The summed E-state index contributed by atoms with van der Waals surface area (Å²) in [5, 5.41) is 3.96. The average molecular weight is 605 g/mol. The molecule has 2 atom stereocenters. The number of aromatic nitrogens is 4. The highest BCUT2D eigenvalue weighted by atomic mass is 16.6. The molecule has 6 heterocycles. The maximum Gasteiger partial charge on any atom is 0.410 e. The van der Waals surface area contributed by atoms with Crippen LogP contribution in [0.15, 0.2) is 30.6 Å². The average Bonchev–Trinajstić information content (AvgIpc) is 3.53. The fourth-order valence-electron chi connectivity index (χ4n) is 6.19. The number of ether oxygens (including phenoxy) is 2. The van der Waals surface area contributed by atoms with Gasteiger partial charge in [-0.2, -0.15) is 4.98 Å². The predicted molar refractivity (Wildman–Crippen MR) is 163 cm³/mol. The molecule has 1 saturated carbocycles. The van der Waals surface area contributed by atoms with Crippen LogP contribution in [0.3, 0.4) is 0 Å². The van der Waals surface area contributed by atoms with Crippen molar-refractivity contribution in [2.24, 2.45) is 0 Å². The number of nitrogens with zero attached hydrogens (tertiary/aromatic N) is 7. The van der Waals surface area contributed by atoms with Crippen molar-refractivity contribution in [1.29, 1.82) is 0 Å². The van der Waals surface area contributed by atoms with E-state index in [0.717, 1.165) is 31.1 Å². The molecule has 44 heavy (non-hydrogen) atoms. The number of anilines is 2. The Labute approximate surface area is 256 Å². The van der Waals surface area contributed by atoms with E-state index in [-0.39, 0.29) is 30.0 Å². The molecular weight excluding hydrogens is 564 g/mol. The molecule has 3 aromatic rings. The third-order valence-corrected chi connectivity index (χ3v) is 8.27. The van der Waals surface area contributed by atoms with Crippen molar-refractivity contribution in [1.82, 2.24) is 34.2 Å². The minimum atomic E-state index is -0.606. The van der Waals surface area contributed by atoms with E-state index in [4.69, 9.17) is 14.5 Å². The third kappa shape index (κ3) is 6.05. The maximum absolute atomic E-state index is 13.5. The molecule has 3 aromatic heterocycles. The van der Waals surface area contributed by atoms with Crippen LogP contribution in [-0.2, 0) is 9.47 Å². The molecule has 4 fully saturated rings. The van der Waals surface area contributed by atoms with Crippen LogP contribution in [0.2, 0.25) is 0 Å². The van der Waals surface area contributed by atoms with Gasteiger partial charge in [-0.25, -0.2) is 14.8 Å². The Balaban J connectivity index is 1.17. The Morgan fingerprint density at radius 3 is 2.48 bits per heavy atom. The molecule has 3 saturated heterocycles. The van der Waals surface area contributed by atoms with Crippen LogP contribution >= 0.6 is 0 Å². The molecule has 2 bridgehead atoms. The topological polar surface area (TPSA) is 135 Å². The first-order valence-electron chi connectivity index (χ1n) is 15.2. The Morgan fingerprint density at radius 1 is 1.02 bits per heavy atom. The zero-order chi connectivity index (χ0) is 31.2. The highest BCUT2D eigenvalue weighted by molar-refractivity contribution is 5.98. The van der Waals surface area contributed by atoms with Crippen LogP contribution in [0.5, 0.6) is 0 Å². The monoisotopic (exact) mass is 604 g/mol. The summed E-state index contributed by atoms with van der Waals surface area (Å²) in [7, 11) is 3.50. The summed E-state index contributed by atoms with van der Waals surface area (Å²) < 4.78 is 13.5. The smallest absolute Gasteiger partial charge is 0.410 e. The number of morpholine rings is 1. The Hall–Kier alpha value is -4.26. The highest BCUT2D eigenvalue weighted by Crippen LogP contribution is 2.35. The first-order valence-corrected chi connectivity index (χ1v) is 15.2. The van der Waals surface area contributed by atoms with Gasteiger partial charge in [0.2, 0.25) is 5.95 Å². The highest BCUT2D eigenvalue weighted by Gasteiger charge is 2.41. The van der Waals surface area contributed by atoms with Crippen molar-refractivity contribution < 1.29 is 23.9 Å². The van der Waals surface area contributed by atoms with E-state index in [0.29, 0.717) is 54.9 Å². The van der Waals surface area contributed by atoms with Crippen LogP contribution in [0, 0.1) is 0 Å². The van der Waals surface area contributed by atoms with E-state index < -0.39 is 11.7 Å². The third-order valence-electron chi connectivity index (χ3n) is 8.27. The standard InChI is InChI=1S/C31H40N8O5/c1-31(2,3)44-30(42)37-15-22-18-43-23(16-37)17-38(22)27(40)19-10-11-25(32-13-19)34-29-33-14-20-12-24(28(41)36(4)5)39(26(20)35-29)21-8-6-7-9-21/h10-14,21-23H,6-9,15-18H2,1-5H3,(H,32,33,34,35). The van der Waals surface area contributed by atoms with Gasteiger partial charge in [0.05, 0.1) is 30.9 Å². The minimum absolute atomic E-state index is 0.0620. The second kappa shape index (κ2) is 11.7. The molecule has 1 N–H and O–H groups in total. The van der Waals surface area contributed by atoms with E-state index in [1.807, 2.05) is 26.8 Å². The number of hydrogen-bond acceptors (Lipinski definition) is 9. The maximum atomic E-state index is 13.5. The SMILES string of the molecule is CN(C)C(=O)c1cc2cnc(Nc3ccc(C(=O)N4CC5CN(C(=O)OC(C)(C)C)CC4CO5)cn3)nc2n1C1CCCC1. The lowest BCUT2D eigenvalue weighted by Crippen LogP contribution is -2.52. The molecule has 0 spiro atoms. The van der Waals surface area contributed by atoms with Crippen LogP contribution < -0.4 is 5.32 Å². The molecule has 2 unspecified atom stereocenters. The largest absolute Gasteiger partial charge is 0.444 e.